The van der Waals surface area contributed by atoms with Gasteiger partial charge in [-0.3, -0.25) is 0 Å². The van der Waals surface area contributed by atoms with Crippen LogP contribution in [0.5, 0.6) is 5.75 Å². The molecule has 0 aliphatic heterocycles. The molecule has 7 heteroatoms. The monoisotopic (exact) mass is 318 g/mol. The smallest absolute Gasteiger partial charge is 0.338 e. The quantitative estimate of drug-likeness (QED) is 0.513. The Labute approximate surface area is 125 Å². The molecule has 0 amide bonds. The Kier molecular flexibility index (Phi) is 5.85. The molecule has 0 atom stereocenters. The van der Waals surface area contributed by atoms with Crippen LogP contribution in [0.25, 0.3) is 0 Å². The Hall–Kier alpha value is -1.72. The molecule has 20 heavy (non-hydrogen) atoms. The summed E-state index contributed by atoms with van der Waals surface area (Å²) in [6, 6.07) is 2.45. The van der Waals surface area contributed by atoms with Crippen molar-refractivity contribution in [1.82, 2.24) is 0 Å². The van der Waals surface area contributed by atoms with Crippen LogP contribution in [-0.4, -0.2) is 30.3 Å². The number of ether oxygens (including phenoxy) is 2. The Balaban J connectivity index is 2.52. The number of phenols is 1. The minimum absolute atomic E-state index is 0.0573. The number of benzene rings is 1. The first-order chi connectivity index (χ1) is 9.32. The fourth-order valence-electron chi connectivity index (χ4n) is 1.16. The van der Waals surface area contributed by atoms with E-state index in [-0.39, 0.29) is 40.1 Å². The highest BCUT2D eigenvalue weighted by Crippen LogP contribution is 2.32. The molecule has 5 nitrogen and oxygen atoms in total. The van der Waals surface area contributed by atoms with Gasteiger partial charge in [-0.25, -0.2) is 9.59 Å². The van der Waals surface area contributed by atoms with E-state index in [1.807, 2.05) is 0 Å². The van der Waals surface area contributed by atoms with E-state index in [2.05, 4.69) is 6.58 Å². The van der Waals surface area contributed by atoms with Crippen molar-refractivity contribution < 1.29 is 24.2 Å². The second-order valence-corrected chi connectivity index (χ2v) is 4.66. The average molecular weight is 319 g/mol. The molecule has 108 valence electrons. The predicted molar refractivity (Wildman–Crippen MR) is 74.2 cm³/mol. The highest BCUT2D eigenvalue weighted by atomic mass is 35.5. The maximum absolute atomic E-state index is 11.7. The lowest BCUT2D eigenvalue weighted by atomic mass is 10.2. The van der Waals surface area contributed by atoms with E-state index < -0.39 is 11.9 Å². The van der Waals surface area contributed by atoms with Crippen molar-refractivity contribution in [2.24, 2.45) is 0 Å². The van der Waals surface area contributed by atoms with E-state index >= 15 is 0 Å². The summed E-state index contributed by atoms with van der Waals surface area (Å²) in [5.41, 5.74) is 0.345. The van der Waals surface area contributed by atoms with Crippen molar-refractivity contribution in [2.75, 3.05) is 13.2 Å². The maximum atomic E-state index is 11.7. The van der Waals surface area contributed by atoms with E-state index in [1.165, 1.54) is 19.1 Å². The highest BCUT2D eigenvalue weighted by Gasteiger charge is 2.13. The van der Waals surface area contributed by atoms with Crippen LogP contribution in [0, 0.1) is 0 Å². The third kappa shape index (κ3) is 4.43. The summed E-state index contributed by atoms with van der Waals surface area (Å²) in [6.45, 7) is 4.71. The number of phenolic OH excluding ortho intramolecular Hbond substituents is 1. The lowest BCUT2D eigenvalue weighted by Gasteiger charge is -2.07. The number of hydrogen-bond donors (Lipinski definition) is 1. The van der Waals surface area contributed by atoms with Crippen LogP contribution >= 0.6 is 23.2 Å². The molecule has 0 fully saturated rings. The van der Waals surface area contributed by atoms with Crippen LogP contribution < -0.4 is 0 Å². The molecule has 0 aliphatic rings. The van der Waals surface area contributed by atoms with Gasteiger partial charge in [-0.05, 0) is 19.1 Å². The van der Waals surface area contributed by atoms with Gasteiger partial charge in [0.05, 0.1) is 15.6 Å². The second-order valence-electron chi connectivity index (χ2n) is 3.84. The van der Waals surface area contributed by atoms with Gasteiger partial charge < -0.3 is 14.6 Å². The molecule has 0 unspecified atom stereocenters. The van der Waals surface area contributed by atoms with Crippen molar-refractivity contribution in [2.45, 2.75) is 6.92 Å². The zero-order valence-electron chi connectivity index (χ0n) is 10.6. The number of rotatable bonds is 5. The molecule has 1 rings (SSSR count). The third-order valence-corrected chi connectivity index (χ3v) is 2.73. The predicted octanol–water partition coefficient (Wildman–Crippen LogP) is 2.98. The number of carbonyl (C=O) groups excluding carboxylic acids is 2. The van der Waals surface area contributed by atoms with E-state index in [4.69, 9.17) is 32.7 Å². The van der Waals surface area contributed by atoms with Crippen molar-refractivity contribution in [3.05, 3.63) is 39.9 Å². The van der Waals surface area contributed by atoms with Gasteiger partial charge >= 0.3 is 11.9 Å². The summed E-state index contributed by atoms with van der Waals surface area (Å²) >= 11 is 11.4. The van der Waals surface area contributed by atoms with Gasteiger partial charge in [0.25, 0.3) is 0 Å². The van der Waals surface area contributed by atoms with Crippen molar-refractivity contribution in [3.63, 3.8) is 0 Å². The molecular weight excluding hydrogens is 307 g/mol. The fourth-order valence-corrected chi connectivity index (χ4v) is 1.65. The van der Waals surface area contributed by atoms with Crippen LogP contribution in [0.2, 0.25) is 10.0 Å². The van der Waals surface area contributed by atoms with Crippen molar-refractivity contribution >= 4 is 35.1 Å². The Morgan fingerprint density at radius 2 is 1.70 bits per heavy atom. The van der Waals surface area contributed by atoms with Crippen LogP contribution in [0.3, 0.4) is 0 Å². The van der Waals surface area contributed by atoms with Gasteiger partial charge in [-0.15, -0.1) is 0 Å². The number of esters is 2. The van der Waals surface area contributed by atoms with E-state index in [1.54, 1.807) is 0 Å². The third-order valence-electron chi connectivity index (χ3n) is 2.15. The first kappa shape index (κ1) is 16.3. The first-order valence-corrected chi connectivity index (χ1v) is 6.26. The summed E-state index contributed by atoms with van der Waals surface area (Å²) < 4.78 is 9.61. The van der Waals surface area contributed by atoms with Gasteiger partial charge in [0.1, 0.15) is 13.2 Å². The largest absolute Gasteiger partial charge is 0.505 e. The van der Waals surface area contributed by atoms with Crippen LogP contribution in [-0.2, 0) is 14.3 Å². The Morgan fingerprint density at radius 3 is 2.20 bits per heavy atom. The van der Waals surface area contributed by atoms with Gasteiger partial charge in [-0.1, -0.05) is 29.8 Å². The van der Waals surface area contributed by atoms with Gasteiger partial charge in [0.2, 0.25) is 0 Å². The van der Waals surface area contributed by atoms with Crippen LogP contribution in [0.1, 0.15) is 17.3 Å². The fraction of sp³-hybridized carbons (Fsp3) is 0.231. The lowest BCUT2D eigenvalue weighted by molar-refractivity contribution is -0.140. The molecule has 0 saturated carbocycles. The number of halogens is 2. The van der Waals surface area contributed by atoms with Crippen molar-refractivity contribution in [1.29, 1.82) is 0 Å². The highest BCUT2D eigenvalue weighted by molar-refractivity contribution is 6.37. The SMILES string of the molecule is C=C(C)C(=O)OCCOC(=O)c1cc(Cl)c(O)c(Cl)c1. The summed E-state index contributed by atoms with van der Waals surface area (Å²) in [5, 5.41) is 9.24. The molecule has 1 aromatic carbocycles. The topological polar surface area (TPSA) is 72.8 Å². The molecule has 1 aromatic rings. The van der Waals surface area contributed by atoms with Crippen LogP contribution in [0.4, 0.5) is 0 Å². The molecule has 0 heterocycles. The normalized spacial score (nSPS) is 9.95. The molecule has 0 saturated heterocycles. The molecule has 0 aromatic heterocycles. The standard InChI is InChI=1S/C13H12Cl2O5/c1-7(2)12(17)19-3-4-20-13(18)8-5-9(14)11(16)10(15)6-8/h5-6,16H,1,3-4H2,2H3. The van der Waals surface area contributed by atoms with Gasteiger partial charge in [-0.2, -0.15) is 0 Å². The second kappa shape index (κ2) is 7.17. The van der Waals surface area contributed by atoms with E-state index in [0.717, 1.165) is 0 Å². The van der Waals surface area contributed by atoms with Crippen LogP contribution in [0.15, 0.2) is 24.3 Å². The zero-order valence-corrected chi connectivity index (χ0v) is 12.1. The minimum atomic E-state index is -0.694. The molecule has 1 N–H and O–H groups in total. The summed E-state index contributed by atoms with van der Waals surface area (Å²) in [5.74, 6) is -1.56. The van der Waals surface area contributed by atoms with E-state index in [0.29, 0.717) is 0 Å². The lowest BCUT2D eigenvalue weighted by Crippen LogP contribution is -2.14. The molecule has 0 aliphatic carbocycles. The maximum Gasteiger partial charge on any atom is 0.338 e. The van der Waals surface area contributed by atoms with E-state index in [9.17, 15) is 14.7 Å². The minimum Gasteiger partial charge on any atom is -0.505 e. The van der Waals surface area contributed by atoms with Gasteiger partial charge in [0.15, 0.2) is 5.75 Å². The number of aromatic hydroxyl groups is 1. The summed E-state index contributed by atoms with van der Waals surface area (Å²) in [6.07, 6.45) is 0. The zero-order chi connectivity index (χ0) is 15.3. The van der Waals surface area contributed by atoms with Gasteiger partial charge in [0, 0.05) is 5.57 Å². The average Bonchev–Trinajstić information content (AvgIpc) is 2.39. The summed E-state index contributed by atoms with van der Waals surface area (Å²) in [4.78, 5) is 22.7. The Morgan fingerprint density at radius 1 is 1.20 bits per heavy atom. The molecule has 0 spiro atoms. The van der Waals surface area contributed by atoms with Crippen molar-refractivity contribution in [3.8, 4) is 5.75 Å². The molecule has 0 bridgehead atoms. The number of hydrogen-bond acceptors (Lipinski definition) is 5. The first-order valence-electron chi connectivity index (χ1n) is 5.50. The molecule has 0 radical (unpaired) electrons. The summed E-state index contributed by atoms with van der Waals surface area (Å²) in [7, 11) is 0. The molecular formula is C13H12Cl2O5. The Bertz CT molecular complexity index is 531. The number of carbonyl (C=O) groups is 2.